The van der Waals surface area contributed by atoms with Crippen molar-refractivity contribution in [2.45, 2.75) is 13.8 Å². The molecule has 1 aromatic carbocycles. The molecule has 2 aromatic rings. The number of nitro benzene ring substituents is 1. The molecule has 104 valence electrons. The summed E-state index contributed by atoms with van der Waals surface area (Å²) in [4.78, 5) is 18.7. The van der Waals surface area contributed by atoms with E-state index in [0.717, 1.165) is 5.56 Å². The number of nitro groups is 1. The van der Waals surface area contributed by atoms with Gasteiger partial charge in [0.15, 0.2) is 0 Å². The molecule has 0 amide bonds. The van der Waals surface area contributed by atoms with Crippen LogP contribution in [0.1, 0.15) is 11.1 Å². The second-order valence-electron chi connectivity index (χ2n) is 4.28. The van der Waals surface area contributed by atoms with E-state index in [4.69, 9.17) is 4.74 Å². The number of aryl methyl sites for hydroxylation is 2. The van der Waals surface area contributed by atoms with Crippen LogP contribution < -0.4 is 10.1 Å². The van der Waals surface area contributed by atoms with Gasteiger partial charge in [0.25, 0.3) is 0 Å². The molecule has 0 spiro atoms. The maximum Gasteiger partial charge on any atom is 0.312 e. The summed E-state index contributed by atoms with van der Waals surface area (Å²) in [6.45, 7) is 3.55. The van der Waals surface area contributed by atoms with Crippen LogP contribution in [0.3, 0.4) is 0 Å². The highest BCUT2D eigenvalue weighted by molar-refractivity contribution is 5.54. The molecule has 0 radical (unpaired) electrons. The van der Waals surface area contributed by atoms with E-state index in [1.165, 1.54) is 18.5 Å². The largest absolute Gasteiger partial charge is 0.430 e. The van der Waals surface area contributed by atoms with Gasteiger partial charge in [0.1, 0.15) is 5.82 Å². The van der Waals surface area contributed by atoms with Gasteiger partial charge >= 0.3 is 5.69 Å². The van der Waals surface area contributed by atoms with E-state index in [1.54, 1.807) is 20.9 Å². The number of nitrogens with one attached hydrogen (secondary N) is 1. The molecule has 0 aliphatic heterocycles. The molecule has 0 aliphatic carbocycles. The van der Waals surface area contributed by atoms with Crippen molar-refractivity contribution in [3.05, 3.63) is 45.8 Å². The van der Waals surface area contributed by atoms with Gasteiger partial charge in [-0.15, -0.1) is 0 Å². The molecule has 0 unspecified atom stereocenters. The highest BCUT2D eigenvalue weighted by atomic mass is 16.6. The van der Waals surface area contributed by atoms with Crippen LogP contribution in [0.25, 0.3) is 0 Å². The monoisotopic (exact) mass is 274 g/mol. The third-order valence-electron chi connectivity index (χ3n) is 2.67. The van der Waals surface area contributed by atoms with Gasteiger partial charge in [-0.25, -0.2) is 0 Å². The molecule has 7 heteroatoms. The SMILES string of the molecule is CNc1cncc(Oc2c(C)cc(C)cc2[N+](=O)[O-])n1. The molecule has 0 atom stereocenters. The van der Waals surface area contributed by atoms with Crippen LogP contribution in [0.4, 0.5) is 11.5 Å². The maximum absolute atomic E-state index is 11.1. The quantitative estimate of drug-likeness (QED) is 0.681. The molecule has 1 aromatic heterocycles. The summed E-state index contributed by atoms with van der Waals surface area (Å²) >= 11 is 0. The molecule has 2 rings (SSSR count). The Kier molecular flexibility index (Phi) is 3.79. The van der Waals surface area contributed by atoms with E-state index < -0.39 is 4.92 Å². The first-order chi connectivity index (χ1) is 9.51. The van der Waals surface area contributed by atoms with E-state index >= 15 is 0 Å². The molecular formula is C13H14N4O3. The molecule has 0 bridgehead atoms. The third kappa shape index (κ3) is 2.82. The van der Waals surface area contributed by atoms with Crippen molar-refractivity contribution in [2.75, 3.05) is 12.4 Å². The number of hydrogen-bond acceptors (Lipinski definition) is 6. The number of aromatic nitrogens is 2. The Morgan fingerprint density at radius 3 is 2.70 bits per heavy atom. The van der Waals surface area contributed by atoms with Crippen LogP contribution in [-0.4, -0.2) is 21.9 Å². The third-order valence-corrected chi connectivity index (χ3v) is 2.67. The van der Waals surface area contributed by atoms with Crippen LogP contribution in [0.15, 0.2) is 24.5 Å². The molecule has 1 heterocycles. The zero-order valence-electron chi connectivity index (χ0n) is 11.4. The molecule has 20 heavy (non-hydrogen) atoms. The Balaban J connectivity index is 2.44. The van der Waals surface area contributed by atoms with Crippen molar-refractivity contribution >= 4 is 11.5 Å². The van der Waals surface area contributed by atoms with E-state index in [2.05, 4.69) is 15.3 Å². The van der Waals surface area contributed by atoms with Crippen molar-refractivity contribution in [3.63, 3.8) is 0 Å². The van der Waals surface area contributed by atoms with Crippen molar-refractivity contribution in [2.24, 2.45) is 0 Å². The van der Waals surface area contributed by atoms with Gasteiger partial charge in [-0.1, -0.05) is 6.07 Å². The fraction of sp³-hybridized carbons (Fsp3) is 0.231. The Hall–Kier alpha value is -2.70. The first-order valence-electron chi connectivity index (χ1n) is 5.94. The van der Waals surface area contributed by atoms with Crippen LogP contribution in [-0.2, 0) is 0 Å². The minimum atomic E-state index is -0.468. The molecule has 0 fully saturated rings. The van der Waals surface area contributed by atoms with Gasteiger partial charge in [-0.3, -0.25) is 15.1 Å². The van der Waals surface area contributed by atoms with Crippen LogP contribution >= 0.6 is 0 Å². The Bertz CT molecular complexity index is 658. The summed E-state index contributed by atoms with van der Waals surface area (Å²) < 4.78 is 5.54. The lowest BCUT2D eigenvalue weighted by atomic mass is 10.1. The van der Waals surface area contributed by atoms with Gasteiger partial charge in [0.2, 0.25) is 11.6 Å². The maximum atomic E-state index is 11.1. The zero-order chi connectivity index (χ0) is 14.7. The minimum absolute atomic E-state index is 0.0841. The second-order valence-corrected chi connectivity index (χ2v) is 4.28. The number of anilines is 1. The van der Waals surface area contributed by atoms with Gasteiger partial charge in [-0.05, 0) is 25.0 Å². The Labute approximate surface area is 115 Å². The van der Waals surface area contributed by atoms with Gasteiger partial charge in [0, 0.05) is 13.1 Å². The number of rotatable bonds is 4. The van der Waals surface area contributed by atoms with Crippen LogP contribution in [0.5, 0.6) is 11.6 Å². The minimum Gasteiger partial charge on any atom is -0.430 e. The highest BCUT2D eigenvalue weighted by Crippen LogP contribution is 2.35. The van der Waals surface area contributed by atoms with Gasteiger partial charge in [0.05, 0.1) is 17.3 Å². The van der Waals surface area contributed by atoms with Crippen LogP contribution in [0, 0.1) is 24.0 Å². The molecular weight excluding hydrogens is 260 g/mol. The average molecular weight is 274 g/mol. The average Bonchev–Trinajstić information content (AvgIpc) is 2.41. The summed E-state index contributed by atoms with van der Waals surface area (Å²) in [5, 5.41) is 13.9. The Morgan fingerprint density at radius 1 is 1.30 bits per heavy atom. The summed E-state index contributed by atoms with van der Waals surface area (Å²) in [5.41, 5.74) is 1.39. The predicted molar refractivity (Wildman–Crippen MR) is 74.2 cm³/mol. The van der Waals surface area contributed by atoms with Gasteiger partial charge in [-0.2, -0.15) is 4.98 Å². The number of nitrogens with zero attached hydrogens (tertiary/aromatic N) is 3. The van der Waals surface area contributed by atoms with Gasteiger partial charge < -0.3 is 10.1 Å². The van der Waals surface area contributed by atoms with E-state index in [9.17, 15) is 10.1 Å². The van der Waals surface area contributed by atoms with Crippen molar-refractivity contribution in [1.82, 2.24) is 9.97 Å². The lowest BCUT2D eigenvalue weighted by Crippen LogP contribution is -2.00. The normalized spacial score (nSPS) is 10.2. The van der Waals surface area contributed by atoms with E-state index in [-0.39, 0.29) is 17.3 Å². The smallest absolute Gasteiger partial charge is 0.312 e. The Morgan fingerprint density at radius 2 is 2.05 bits per heavy atom. The topological polar surface area (TPSA) is 90.2 Å². The number of ether oxygens (including phenoxy) is 1. The zero-order valence-corrected chi connectivity index (χ0v) is 11.4. The summed E-state index contributed by atoms with van der Waals surface area (Å²) in [6.07, 6.45) is 2.94. The first kappa shape index (κ1) is 13.7. The molecule has 1 N–H and O–H groups in total. The molecule has 0 saturated carbocycles. The molecule has 0 saturated heterocycles. The predicted octanol–water partition coefficient (Wildman–Crippen LogP) is 2.84. The van der Waals surface area contributed by atoms with E-state index in [1.807, 2.05) is 6.07 Å². The van der Waals surface area contributed by atoms with Crippen LogP contribution in [0.2, 0.25) is 0 Å². The number of benzene rings is 1. The van der Waals surface area contributed by atoms with Crippen molar-refractivity contribution in [3.8, 4) is 11.6 Å². The summed E-state index contributed by atoms with van der Waals surface area (Å²) in [5.74, 6) is 0.907. The summed E-state index contributed by atoms with van der Waals surface area (Å²) in [6, 6.07) is 3.29. The molecule has 7 nitrogen and oxygen atoms in total. The van der Waals surface area contributed by atoms with Crippen molar-refractivity contribution < 1.29 is 9.66 Å². The fourth-order valence-corrected chi connectivity index (χ4v) is 1.82. The van der Waals surface area contributed by atoms with Crippen molar-refractivity contribution in [1.29, 1.82) is 0 Å². The standard InChI is InChI=1S/C13H14N4O3/c1-8-4-9(2)13(10(5-8)17(18)19)20-12-7-15-6-11(14-3)16-12/h4-7H,1-3H3,(H,14,16). The van der Waals surface area contributed by atoms with E-state index in [0.29, 0.717) is 11.4 Å². The summed E-state index contributed by atoms with van der Waals surface area (Å²) in [7, 11) is 1.70. The molecule has 0 aliphatic rings. The highest BCUT2D eigenvalue weighted by Gasteiger charge is 2.19. The lowest BCUT2D eigenvalue weighted by Gasteiger charge is -2.09. The fourth-order valence-electron chi connectivity index (χ4n) is 1.82. The first-order valence-corrected chi connectivity index (χ1v) is 5.94. The lowest BCUT2D eigenvalue weighted by molar-refractivity contribution is -0.385. The second kappa shape index (κ2) is 5.52. The number of hydrogen-bond donors (Lipinski definition) is 1.